The van der Waals surface area contributed by atoms with Crippen molar-refractivity contribution in [1.29, 1.82) is 0 Å². The van der Waals surface area contributed by atoms with Crippen molar-refractivity contribution in [2.24, 2.45) is 0 Å². The Bertz CT molecular complexity index is 1450. The summed E-state index contributed by atoms with van der Waals surface area (Å²) in [6.07, 6.45) is -7.19. The second-order valence-electron chi connectivity index (χ2n) is 8.81. The van der Waals surface area contributed by atoms with Crippen LogP contribution in [0.5, 0.6) is 0 Å². The summed E-state index contributed by atoms with van der Waals surface area (Å²) in [6, 6.07) is 10.5. The molecule has 0 spiro atoms. The number of para-hydroxylation sites is 1. The lowest BCUT2D eigenvalue weighted by molar-refractivity contribution is -0.143. The molecule has 4 aromatic rings. The molecule has 0 unspecified atom stereocenters. The van der Waals surface area contributed by atoms with Crippen LogP contribution >= 0.6 is 11.6 Å². The van der Waals surface area contributed by atoms with Crippen LogP contribution < -0.4 is 4.90 Å². The first-order chi connectivity index (χ1) is 18.3. The Morgan fingerprint density at radius 1 is 0.949 bits per heavy atom. The Morgan fingerprint density at radius 3 is 2.08 bits per heavy atom. The molecule has 0 aliphatic rings. The monoisotopic (exact) mass is 567 g/mol. The lowest BCUT2D eigenvalue weighted by Gasteiger charge is -2.27. The van der Waals surface area contributed by atoms with Gasteiger partial charge in [0, 0.05) is 24.0 Å². The van der Waals surface area contributed by atoms with Gasteiger partial charge in [0.25, 0.3) is 5.91 Å². The molecule has 2 aromatic heterocycles. The molecule has 0 bridgehead atoms. The largest absolute Gasteiger partial charge is 0.416 e. The number of alkyl halides is 6. The number of pyridine rings is 1. The van der Waals surface area contributed by atoms with Crippen LogP contribution in [0.2, 0.25) is 5.02 Å². The molecule has 13 heteroatoms. The predicted octanol–water partition coefficient (Wildman–Crippen LogP) is 7.13. The normalized spacial score (nSPS) is 12.2. The average molecular weight is 568 g/mol. The first-order valence-electron chi connectivity index (χ1n) is 11.5. The number of hydrogen-bond acceptors (Lipinski definition) is 4. The van der Waals surface area contributed by atoms with E-state index in [9.17, 15) is 31.1 Å². The highest BCUT2D eigenvalue weighted by Gasteiger charge is 2.37. The number of aromatic nitrogens is 4. The quantitative estimate of drug-likeness (QED) is 0.232. The maximum absolute atomic E-state index is 13.8. The fraction of sp³-hybridized carbons (Fsp3) is 0.231. The molecular weight excluding hydrogens is 548 g/mol. The number of carbonyl (C=O) groups excluding carboxylic acids is 1. The summed E-state index contributed by atoms with van der Waals surface area (Å²) in [6.45, 7) is 2.97. The molecule has 0 N–H and O–H groups in total. The van der Waals surface area contributed by atoms with Crippen molar-refractivity contribution < 1.29 is 31.1 Å². The van der Waals surface area contributed by atoms with Crippen LogP contribution in [-0.2, 0) is 18.9 Å². The summed E-state index contributed by atoms with van der Waals surface area (Å²) < 4.78 is 81.6. The molecule has 2 heterocycles. The van der Waals surface area contributed by atoms with Crippen LogP contribution in [0, 0.1) is 0 Å². The second kappa shape index (κ2) is 10.7. The number of hydrogen-bond donors (Lipinski definition) is 0. The van der Waals surface area contributed by atoms with E-state index in [-0.39, 0.29) is 23.0 Å². The van der Waals surface area contributed by atoms with Gasteiger partial charge in [0.15, 0.2) is 5.69 Å². The van der Waals surface area contributed by atoms with Crippen molar-refractivity contribution in [2.45, 2.75) is 38.8 Å². The first-order valence-corrected chi connectivity index (χ1v) is 11.9. The molecule has 0 atom stereocenters. The summed E-state index contributed by atoms with van der Waals surface area (Å²) >= 11 is 6.34. The molecule has 0 radical (unpaired) electrons. The third-order valence-corrected chi connectivity index (χ3v) is 6.04. The second-order valence-corrected chi connectivity index (χ2v) is 9.22. The van der Waals surface area contributed by atoms with Crippen LogP contribution in [0.4, 0.5) is 32.0 Å². The fourth-order valence-electron chi connectivity index (χ4n) is 4.03. The van der Waals surface area contributed by atoms with Gasteiger partial charge in [-0.15, -0.1) is 5.10 Å². The maximum Gasteiger partial charge on any atom is 0.416 e. The Morgan fingerprint density at radius 2 is 1.54 bits per heavy atom. The number of halogens is 7. The number of rotatable bonds is 6. The molecule has 4 rings (SSSR count). The number of anilines is 1. The molecule has 39 heavy (non-hydrogen) atoms. The van der Waals surface area contributed by atoms with Crippen LogP contribution in [0.3, 0.4) is 0 Å². The molecule has 0 saturated heterocycles. The van der Waals surface area contributed by atoms with E-state index in [0.29, 0.717) is 28.4 Å². The lowest BCUT2D eigenvalue weighted by Crippen LogP contribution is -2.37. The highest BCUT2D eigenvalue weighted by atomic mass is 35.5. The van der Waals surface area contributed by atoms with Crippen molar-refractivity contribution in [3.8, 4) is 11.3 Å². The van der Waals surface area contributed by atoms with Gasteiger partial charge < -0.3 is 4.90 Å². The summed E-state index contributed by atoms with van der Waals surface area (Å²) in [7, 11) is 0. The van der Waals surface area contributed by atoms with Gasteiger partial charge >= 0.3 is 12.4 Å². The zero-order valence-corrected chi connectivity index (χ0v) is 21.2. The van der Waals surface area contributed by atoms with Gasteiger partial charge in [-0.2, -0.15) is 26.3 Å². The minimum atomic E-state index is -5.01. The van der Waals surface area contributed by atoms with Crippen molar-refractivity contribution in [3.63, 3.8) is 0 Å². The van der Waals surface area contributed by atoms with Gasteiger partial charge in [-0.25, -0.2) is 4.68 Å². The Hall–Kier alpha value is -3.93. The Labute approximate surface area is 223 Å². The summed E-state index contributed by atoms with van der Waals surface area (Å²) in [5, 5.41) is 8.25. The van der Waals surface area contributed by atoms with Crippen molar-refractivity contribution >= 4 is 23.2 Å². The third-order valence-electron chi connectivity index (χ3n) is 5.72. The zero-order chi connectivity index (χ0) is 28.5. The van der Waals surface area contributed by atoms with Crippen molar-refractivity contribution in [3.05, 3.63) is 94.4 Å². The SMILES string of the molecule is CC(C)N(C(=O)c1nnn(Cc2cc(C(F)(F)F)cc(C(F)(F)F)c2)c1-c1ccncc1)c1ccccc1Cl. The number of carbonyl (C=O) groups is 1. The number of nitrogens with zero attached hydrogens (tertiary/aromatic N) is 5. The molecule has 2 aromatic carbocycles. The van der Waals surface area contributed by atoms with Gasteiger partial charge in [-0.3, -0.25) is 9.78 Å². The third kappa shape index (κ3) is 6.06. The fourth-order valence-corrected chi connectivity index (χ4v) is 4.26. The first kappa shape index (κ1) is 28.1. The van der Waals surface area contributed by atoms with Crippen LogP contribution in [0.15, 0.2) is 67.0 Å². The average Bonchev–Trinajstić information content (AvgIpc) is 3.28. The molecule has 6 nitrogen and oxygen atoms in total. The van der Waals surface area contributed by atoms with Gasteiger partial charge in [-0.05, 0) is 61.9 Å². The highest BCUT2D eigenvalue weighted by Crippen LogP contribution is 2.37. The zero-order valence-electron chi connectivity index (χ0n) is 20.4. The molecule has 0 aliphatic heterocycles. The standard InChI is InChI=1S/C26H20ClF6N5O/c1-15(2)38(21-6-4-3-5-20(21)27)24(39)22-23(17-7-9-34-10-8-17)37(36-35-22)14-16-11-18(25(28,29)30)13-19(12-16)26(31,32)33/h3-13,15H,14H2,1-2H3. The van der Waals surface area contributed by atoms with E-state index in [0.717, 1.165) is 4.68 Å². The minimum absolute atomic E-state index is 0.0493. The molecular formula is C26H20ClF6N5O. The van der Waals surface area contributed by atoms with E-state index in [1.807, 2.05) is 0 Å². The maximum atomic E-state index is 13.8. The van der Waals surface area contributed by atoms with Gasteiger partial charge in [-0.1, -0.05) is 28.9 Å². The van der Waals surface area contributed by atoms with E-state index in [1.54, 1.807) is 38.1 Å². The Kier molecular flexibility index (Phi) is 7.69. The van der Waals surface area contributed by atoms with Gasteiger partial charge in [0.05, 0.1) is 28.4 Å². The molecule has 0 fully saturated rings. The molecule has 1 amide bonds. The Balaban J connectivity index is 1.86. The minimum Gasteiger partial charge on any atom is -0.303 e. The van der Waals surface area contributed by atoms with E-state index in [1.165, 1.54) is 29.4 Å². The van der Waals surface area contributed by atoms with Crippen molar-refractivity contribution in [1.82, 2.24) is 20.0 Å². The summed E-state index contributed by atoms with van der Waals surface area (Å²) in [5.41, 5.74) is -2.56. The summed E-state index contributed by atoms with van der Waals surface area (Å²) in [4.78, 5) is 19.1. The number of benzene rings is 2. The van der Waals surface area contributed by atoms with Gasteiger partial charge in [0.2, 0.25) is 0 Å². The molecule has 204 valence electrons. The van der Waals surface area contributed by atoms with Crippen LogP contribution in [0.1, 0.15) is 41.0 Å². The molecule has 0 saturated carbocycles. The van der Waals surface area contributed by atoms with E-state index in [4.69, 9.17) is 11.6 Å². The van der Waals surface area contributed by atoms with Gasteiger partial charge in [0.1, 0.15) is 5.69 Å². The smallest absolute Gasteiger partial charge is 0.303 e. The van der Waals surface area contributed by atoms with Crippen LogP contribution in [0.25, 0.3) is 11.3 Å². The molecule has 0 aliphatic carbocycles. The van der Waals surface area contributed by atoms with Crippen LogP contribution in [-0.4, -0.2) is 31.9 Å². The predicted molar refractivity (Wildman–Crippen MR) is 132 cm³/mol. The highest BCUT2D eigenvalue weighted by molar-refractivity contribution is 6.34. The summed E-state index contributed by atoms with van der Waals surface area (Å²) in [5.74, 6) is -0.615. The van der Waals surface area contributed by atoms with E-state index >= 15 is 0 Å². The number of amides is 1. The van der Waals surface area contributed by atoms with E-state index in [2.05, 4.69) is 15.3 Å². The van der Waals surface area contributed by atoms with E-state index < -0.39 is 42.0 Å². The lowest BCUT2D eigenvalue weighted by atomic mass is 10.0. The van der Waals surface area contributed by atoms with Crippen molar-refractivity contribution in [2.75, 3.05) is 4.90 Å². The topological polar surface area (TPSA) is 63.9 Å².